The van der Waals surface area contributed by atoms with Gasteiger partial charge in [-0.2, -0.15) is 0 Å². The van der Waals surface area contributed by atoms with Crippen LogP contribution in [-0.4, -0.2) is 44.3 Å². The van der Waals surface area contributed by atoms with Crippen LogP contribution >= 0.6 is 31.9 Å². The fourth-order valence-electron chi connectivity index (χ4n) is 4.61. The zero-order valence-electron chi connectivity index (χ0n) is 23.7. The molecule has 0 heterocycles. The van der Waals surface area contributed by atoms with E-state index in [-0.39, 0.29) is 23.8 Å². The number of nitrogens with one attached hydrogen (secondary N) is 1. The zero-order chi connectivity index (χ0) is 30.8. The van der Waals surface area contributed by atoms with Crippen molar-refractivity contribution < 1.29 is 18.0 Å². The molecule has 7 nitrogen and oxygen atoms in total. The lowest BCUT2D eigenvalue weighted by molar-refractivity contribution is -0.140. The quantitative estimate of drug-likeness (QED) is 0.169. The molecule has 0 unspecified atom stereocenters. The van der Waals surface area contributed by atoms with Crippen molar-refractivity contribution in [2.45, 2.75) is 37.2 Å². The van der Waals surface area contributed by atoms with Crippen LogP contribution in [0.4, 0.5) is 5.69 Å². The molecule has 0 aliphatic rings. The predicted octanol–water partition coefficient (Wildman–Crippen LogP) is 6.57. The largest absolute Gasteiger partial charge is 0.354 e. The Kier molecular flexibility index (Phi) is 11.6. The smallest absolute Gasteiger partial charge is 0.264 e. The topological polar surface area (TPSA) is 86.8 Å². The first-order valence-corrected chi connectivity index (χ1v) is 16.9. The van der Waals surface area contributed by atoms with Gasteiger partial charge in [-0.1, -0.05) is 99.4 Å². The molecular formula is C33H33Br2N3O4S. The molecule has 0 bridgehead atoms. The molecule has 4 rings (SSSR count). The third-order valence-electron chi connectivity index (χ3n) is 6.79. The van der Waals surface area contributed by atoms with Gasteiger partial charge in [-0.25, -0.2) is 8.42 Å². The lowest BCUT2D eigenvalue weighted by atomic mass is 10.0. The maximum absolute atomic E-state index is 14.4. The minimum absolute atomic E-state index is 0.0609. The molecule has 0 aliphatic carbocycles. The Morgan fingerprint density at radius 1 is 0.791 bits per heavy atom. The van der Waals surface area contributed by atoms with Gasteiger partial charge in [-0.05, 0) is 66.1 Å². The van der Waals surface area contributed by atoms with Crippen LogP contribution in [0.2, 0.25) is 0 Å². The Morgan fingerprint density at radius 3 is 2.05 bits per heavy atom. The van der Waals surface area contributed by atoms with Gasteiger partial charge < -0.3 is 10.2 Å². The summed E-state index contributed by atoms with van der Waals surface area (Å²) in [7, 11) is -4.13. The van der Waals surface area contributed by atoms with E-state index in [2.05, 4.69) is 37.2 Å². The van der Waals surface area contributed by atoms with Crippen molar-refractivity contribution in [3.63, 3.8) is 0 Å². The Morgan fingerprint density at radius 2 is 1.42 bits per heavy atom. The Labute approximate surface area is 270 Å². The maximum atomic E-state index is 14.4. The van der Waals surface area contributed by atoms with Crippen LogP contribution < -0.4 is 9.62 Å². The first kappa shape index (κ1) is 32.4. The molecule has 1 N–H and O–H groups in total. The van der Waals surface area contributed by atoms with E-state index in [1.165, 1.54) is 17.0 Å². The zero-order valence-corrected chi connectivity index (χ0v) is 27.7. The molecule has 0 radical (unpaired) electrons. The molecule has 0 aromatic heterocycles. The minimum Gasteiger partial charge on any atom is -0.354 e. The Balaban J connectivity index is 1.78. The molecule has 0 aliphatic heterocycles. The van der Waals surface area contributed by atoms with Crippen LogP contribution in [0.1, 0.15) is 24.5 Å². The van der Waals surface area contributed by atoms with Crippen LogP contribution in [-0.2, 0) is 32.6 Å². The van der Waals surface area contributed by atoms with Crippen molar-refractivity contribution >= 4 is 59.4 Å². The van der Waals surface area contributed by atoms with E-state index in [0.717, 1.165) is 30.8 Å². The Bertz CT molecular complexity index is 1620. The van der Waals surface area contributed by atoms with Gasteiger partial charge in [0.2, 0.25) is 11.8 Å². The summed E-state index contributed by atoms with van der Waals surface area (Å²) in [5.41, 5.74) is 2.01. The summed E-state index contributed by atoms with van der Waals surface area (Å²) in [6, 6.07) is 30.9. The van der Waals surface area contributed by atoms with Crippen molar-refractivity contribution in [1.29, 1.82) is 0 Å². The molecule has 2 amide bonds. The van der Waals surface area contributed by atoms with E-state index in [1.54, 1.807) is 42.5 Å². The molecule has 0 saturated heterocycles. The number of nitrogens with zero attached hydrogens (tertiary/aromatic N) is 2. The first-order chi connectivity index (χ1) is 20.7. The predicted molar refractivity (Wildman–Crippen MR) is 177 cm³/mol. The van der Waals surface area contributed by atoms with Crippen LogP contribution in [0, 0.1) is 0 Å². The van der Waals surface area contributed by atoms with Gasteiger partial charge in [0.25, 0.3) is 10.0 Å². The van der Waals surface area contributed by atoms with Gasteiger partial charge in [0.1, 0.15) is 12.6 Å². The van der Waals surface area contributed by atoms with Gasteiger partial charge in [0, 0.05) is 28.5 Å². The number of carbonyl (C=O) groups is 2. The number of hydrogen-bond donors (Lipinski definition) is 1. The van der Waals surface area contributed by atoms with E-state index in [0.29, 0.717) is 12.2 Å². The molecule has 1 atom stereocenters. The number of rotatable bonds is 13. The second-order valence-corrected chi connectivity index (χ2v) is 13.6. The van der Waals surface area contributed by atoms with E-state index in [9.17, 15) is 18.0 Å². The third kappa shape index (κ3) is 8.78. The Hall–Kier alpha value is -3.47. The van der Waals surface area contributed by atoms with Gasteiger partial charge in [-0.3, -0.25) is 13.9 Å². The third-order valence-corrected chi connectivity index (χ3v) is 9.60. The fourth-order valence-corrected chi connectivity index (χ4v) is 6.75. The summed E-state index contributed by atoms with van der Waals surface area (Å²) in [6.07, 6.45) is 0.996. The molecule has 4 aromatic rings. The molecule has 10 heteroatoms. The van der Waals surface area contributed by atoms with Gasteiger partial charge >= 0.3 is 0 Å². The number of sulfonamides is 1. The molecular weight excluding hydrogens is 694 g/mol. The molecule has 0 fully saturated rings. The van der Waals surface area contributed by atoms with Crippen molar-refractivity contribution in [1.82, 2.24) is 10.2 Å². The maximum Gasteiger partial charge on any atom is 0.264 e. The number of benzene rings is 4. The summed E-state index contributed by atoms with van der Waals surface area (Å²) in [6.45, 7) is 2.02. The molecule has 43 heavy (non-hydrogen) atoms. The summed E-state index contributed by atoms with van der Waals surface area (Å²) in [4.78, 5) is 29.6. The van der Waals surface area contributed by atoms with E-state index in [4.69, 9.17) is 0 Å². The van der Waals surface area contributed by atoms with Crippen LogP contribution in [0.15, 0.2) is 123 Å². The fraction of sp³-hybridized carbons (Fsp3) is 0.212. The highest BCUT2D eigenvalue weighted by Crippen LogP contribution is 2.26. The highest BCUT2D eigenvalue weighted by atomic mass is 79.9. The first-order valence-electron chi connectivity index (χ1n) is 13.9. The summed E-state index contributed by atoms with van der Waals surface area (Å²) in [5.74, 6) is -0.801. The molecule has 0 spiro atoms. The average Bonchev–Trinajstić information content (AvgIpc) is 3.01. The second kappa shape index (κ2) is 15.3. The number of hydrogen-bond acceptors (Lipinski definition) is 4. The standard InChI is InChI=1S/C33H33Br2N3O4S/c1-2-20-36-33(40)31(22-25-10-5-3-6-11-25)37(23-26-12-9-13-28(35)21-26)32(39)24-38(29-18-16-27(34)17-19-29)43(41,42)30-14-7-4-8-15-30/h3-19,21,31H,2,20,22-24H2,1H3,(H,36,40)/t31-/m0/s1. The van der Waals surface area contributed by atoms with E-state index >= 15 is 0 Å². The molecule has 4 aromatic carbocycles. The monoisotopic (exact) mass is 725 g/mol. The number of halogens is 2. The van der Waals surface area contributed by atoms with Crippen molar-refractivity contribution in [2.75, 3.05) is 17.4 Å². The van der Waals surface area contributed by atoms with Gasteiger partial charge in [0.05, 0.1) is 10.6 Å². The number of anilines is 1. The molecule has 224 valence electrons. The summed E-state index contributed by atoms with van der Waals surface area (Å²) in [5, 5.41) is 2.95. The van der Waals surface area contributed by atoms with E-state index in [1.807, 2.05) is 61.5 Å². The lowest BCUT2D eigenvalue weighted by Gasteiger charge is -2.34. The van der Waals surface area contributed by atoms with E-state index < -0.39 is 28.5 Å². The second-order valence-electron chi connectivity index (χ2n) is 9.95. The highest BCUT2D eigenvalue weighted by molar-refractivity contribution is 9.10. The highest BCUT2D eigenvalue weighted by Gasteiger charge is 2.34. The van der Waals surface area contributed by atoms with Gasteiger partial charge in [0.15, 0.2) is 0 Å². The number of amides is 2. The SMILES string of the molecule is CCCNC(=O)[C@H](Cc1ccccc1)N(Cc1cccc(Br)c1)C(=O)CN(c1ccc(Br)cc1)S(=O)(=O)c1ccccc1. The van der Waals surface area contributed by atoms with Crippen LogP contribution in [0.5, 0.6) is 0 Å². The summed E-state index contributed by atoms with van der Waals surface area (Å²) >= 11 is 6.90. The lowest BCUT2D eigenvalue weighted by Crippen LogP contribution is -2.53. The van der Waals surface area contributed by atoms with Crippen LogP contribution in [0.3, 0.4) is 0 Å². The number of carbonyl (C=O) groups excluding carboxylic acids is 2. The van der Waals surface area contributed by atoms with Crippen molar-refractivity contribution in [3.8, 4) is 0 Å². The minimum atomic E-state index is -4.13. The summed E-state index contributed by atoms with van der Waals surface area (Å²) < 4.78 is 30.7. The van der Waals surface area contributed by atoms with Gasteiger partial charge in [-0.15, -0.1) is 0 Å². The van der Waals surface area contributed by atoms with Crippen LogP contribution in [0.25, 0.3) is 0 Å². The normalized spacial score (nSPS) is 11.9. The molecule has 0 saturated carbocycles. The van der Waals surface area contributed by atoms with Crippen molar-refractivity contribution in [3.05, 3.63) is 129 Å². The average molecular weight is 728 g/mol. The van der Waals surface area contributed by atoms with Crippen molar-refractivity contribution in [2.24, 2.45) is 0 Å².